The molecular formula is C21H29N2O4+. The number of H-pyrrole nitrogens is 1. The first kappa shape index (κ1) is 20.7. The maximum Gasteiger partial charge on any atom is 0.340 e. The Morgan fingerprint density at radius 2 is 1.96 bits per heavy atom. The fourth-order valence-corrected chi connectivity index (χ4v) is 3.20. The van der Waals surface area contributed by atoms with Crippen LogP contribution < -0.4 is 9.64 Å². The first-order valence-corrected chi connectivity index (χ1v) is 9.15. The van der Waals surface area contributed by atoms with Crippen LogP contribution in [0.25, 0.3) is 0 Å². The van der Waals surface area contributed by atoms with Crippen molar-refractivity contribution in [1.82, 2.24) is 4.98 Å². The van der Waals surface area contributed by atoms with Crippen molar-refractivity contribution in [1.29, 1.82) is 0 Å². The summed E-state index contributed by atoms with van der Waals surface area (Å²) in [7, 11) is 3.62. The second-order valence-corrected chi connectivity index (χ2v) is 6.81. The molecule has 0 spiro atoms. The van der Waals surface area contributed by atoms with Crippen LogP contribution in [0.2, 0.25) is 0 Å². The Morgan fingerprint density at radius 3 is 2.59 bits per heavy atom. The molecule has 0 saturated carbocycles. The fourth-order valence-electron chi connectivity index (χ4n) is 3.20. The Labute approximate surface area is 160 Å². The van der Waals surface area contributed by atoms with Crippen LogP contribution in [0, 0.1) is 13.8 Å². The predicted octanol–water partition coefficient (Wildman–Crippen LogP) is 2.10. The van der Waals surface area contributed by atoms with E-state index in [0.717, 1.165) is 16.2 Å². The number of Topliss-reactive ketones (excluding diaryl/α,β-unsaturated/α-hetero) is 1. The number of nitrogens with one attached hydrogen (secondary N) is 2. The van der Waals surface area contributed by atoms with Gasteiger partial charge in [-0.25, -0.2) is 4.79 Å². The van der Waals surface area contributed by atoms with Crippen LogP contribution in [0.15, 0.2) is 24.3 Å². The van der Waals surface area contributed by atoms with E-state index in [0.29, 0.717) is 35.7 Å². The highest BCUT2D eigenvalue weighted by atomic mass is 16.5. The summed E-state index contributed by atoms with van der Waals surface area (Å²) < 4.78 is 10.4. The van der Waals surface area contributed by atoms with E-state index in [1.807, 2.05) is 38.2 Å². The van der Waals surface area contributed by atoms with Crippen LogP contribution >= 0.6 is 0 Å². The third-order valence-electron chi connectivity index (χ3n) is 4.91. The van der Waals surface area contributed by atoms with Gasteiger partial charge in [0.15, 0.2) is 6.04 Å². The lowest BCUT2D eigenvalue weighted by molar-refractivity contribution is -0.907. The summed E-state index contributed by atoms with van der Waals surface area (Å²) >= 11 is 0. The zero-order valence-corrected chi connectivity index (χ0v) is 16.9. The van der Waals surface area contributed by atoms with E-state index in [9.17, 15) is 9.59 Å². The van der Waals surface area contributed by atoms with Crippen molar-refractivity contribution in [3.8, 4) is 5.75 Å². The van der Waals surface area contributed by atoms with E-state index < -0.39 is 5.97 Å². The molecule has 6 heteroatoms. The van der Waals surface area contributed by atoms with Crippen LogP contribution in [0.1, 0.15) is 51.5 Å². The minimum Gasteiger partial charge on any atom is -0.497 e. The normalized spacial score (nSPS) is 13.1. The number of aromatic amines is 1. The van der Waals surface area contributed by atoms with E-state index in [-0.39, 0.29) is 11.8 Å². The van der Waals surface area contributed by atoms with E-state index in [1.54, 1.807) is 27.9 Å². The summed E-state index contributed by atoms with van der Waals surface area (Å²) in [5, 5.41) is 0. The van der Waals surface area contributed by atoms with E-state index in [2.05, 4.69) is 4.98 Å². The predicted molar refractivity (Wildman–Crippen MR) is 104 cm³/mol. The molecule has 0 saturated heterocycles. The van der Waals surface area contributed by atoms with Gasteiger partial charge >= 0.3 is 5.97 Å². The SMILES string of the molecule is CCOC(=O)c1c(C)[nH]c(C(=O)[C@H](C)[NH+](C)Cc2cccc(OC)c2)c1C. The molecule has 0 fully saturated rings. The number of aryl methyl sites for hydroxylation is 1. The Bertz CT molecular complexity index is 826. The zero-order valence-electron chi connectivity index (χ0n) is 16.9. The molecule has 0 bridgehead atoms. The molecule has 6 nitrogen and oxygen atoms in total. The number of hydrogen-bond donors (Lipinski definition) is 2. The number of quaternary nitrogens is 1. The van der Waals surface area contributed by atoms with Gasteiger partial charge in [-0.1, -0.05) is 12.1 Å². The van der Waals surface area contributed by atoms with Crippen LogP contribution in [0.4, 0.5) is 0 Å². The van der Waals surface area contributed by atoms with Gasteiger partial charge in [0.25, 0.3) is 0 Å². The third kappa shape index (κ3) is 4.57. The summed E-state index contributed by atoms with van der Waals surface area (Å²) in [5.74, 6) is 0.383. The van der Waals surface area contributed by atoms with Crippen LogP contribution in [0.5, 0.6) is 5.75 Å². The maximum atomic E-state index is 13.0. The third-order valence-corrected chi connectivity index (χ3v) is 4.91. The number of esters is 1. The minimum atomic E-state index is -0.396. The van der Waals surface area contributed by atoms with Gasteiger partial charge in [0.1, 0.15) is 12.3 Å². The molecule has 146 valence electrons. The summed E-state index contributed by atoms with van der Waals surface area (Å²) in [5.41, 5.74) is 3.34. The summed E-state index contributed by atoms with van der Waals surface area (Å²) in [4.78, 5) is 29.3. The lowest BCUT2D eigenvalue weighted by atomic mass is 10.0. The van der Waals surface area contributed by atoms with Gasteiger partial charge in [0.2, 0.25) is 5.78 Å². The summed E-state index contributed by atoms with van der Waals surface area (Å²) in [6, 6.07) is 7.56. The van der Waals surface area contributed by atoms with Gasteiger partial charge in [-0.15, -0.1) is 0 Å². The van der Waals surface area contributed by atoms with Gasteiger partial charge < -0.3 is 19.4 Å². The monoisotopic (exact) mass is 373 g/mol. The molecule has 0 aliphatic heterocycles. The molecule has 0 aliphatic rings. The van der Waals surface area contributed by atoms with E-state index in [4.69, 9.17) is 9.47 Å². The van der Waals surface area contributed by atoms with Crippen molar-refractivity contribution in [2.45, 2.75) is 40.3 Å². The molecule has 0 radical (unpaired) electrons. The van der Waals surface area contributed by atoms with Gasteiger partial charge in [0.05, 0.1) is 32.0 Å². The highest BCUT2D eigenvalue weighted by Gasteiger charge is 2.29. The average Bonchev–Trinajstić information content (AvgIpc) is 2.95. The number of ether oxygens (including phenoxy) is 2. The Hall–Kier alpha value is -2.60. The number of ketones is 1. The number of carbonyl (C=O) groups excluding carboxylic acids is 2. The van der Waals surface area contributed by atoms with Gasteiger partial charge in [-0.05, 0) is 45.4 Å². The molecular weight excluding hydrogens is 344 g/mol. The van der Waals surface area contributed by atoms with Gasteiger partial charge in [0, 0.05) is 11.3 Å². The second kappa shape index (κ2) is 8.86. The number of benzene rings is 1. The van der Waals surface area contributed by atoms with Crippen molar-refractivity contribution in [2.24, 2.45) is 0 Å². The van der Waals surface area contributed by atoms with Crippen molar-refractivity contribution in [3.05, 3.63) is 52.3 Å². The number of carbonyl (C=O) groups is 2. The number of hydrogen-bond acceptors (Lipinski definition) is 4. The Kier molecular flexibility index (Phi) is 6.80. The highest BCUT2D eigenvalue weighted by molar-refractivity contribution is 6.03. The largest absolute Gasteiger partial charge is 0.497 e. The first-order chi connectivity index (χ1) is 12.8. The molecule has 1 aromatic heterocycles. The standard InChI is InChI=1S/C21H28N2O4/c1-7-27-21(25)18-13(2)19(22-14(18)3)20(24)15(4)23(5)12-16-9-8-10-17(11-16)26-6/h8-11,15,22H,7,12H2,1-6H3/p+1/t15-/m0/s1. The topological polar surface area (TPSA) is 72.8 Å². The minimum absolute atomic E-state index is 0.0217. The van der Waals surface area contributed by atoms with Crippen LogP contribution in [0.3, 0.4) is 0 Å². The number of aromatic nitrogens is 1. The zero-order chi connectivity index (χ0) is 20.1. The highest BCUT2D eigenvalue weighted by Crippen LogP contribution is 2.20. The summed E-state index contributed by atoms with van der Waals surface area (Å²) in [6.07, 6.45) is 0. The lowest BCUT2D eigenvalue weighted by Crippen LogP contribution is -3.12. The number of methoxy groups -OCH3 is 1. The maximum absolute atomic E-state index is 13.0. The number of rotatable bonds is 8. The molecule has 2 rings (SSSR count). The van der Waals surface area contributed by atoms with E-state index >= 15 is 0 Å². The molecule has 2 aromatic rings. The Balaban J connectivity index is 2.19. The van der Waals surface area contributed by atoms with Crippen molar-refractivity contribution >= 4 is 11.8 Å². The first-order valence-electron chi connectivity index (χ1n) is 9.15. The van der Waals surface area contributed by atoms with Gasteiger partial charge in [-0.3, -0.25) is 4.79 Å². The molecule has 2 N–H and O–H groups in total. The van der Waals surface area contributed by atoms with E-state index in [1.165, 1.54) is 0 Å². The summed E-state index contributed by atoms with van der Waals surface area (Å²) in [6.45, 7) is 8.22. The second-order valence-electron chi connectivity index (χ2n) is 6.81. The molecule has 1 aromatic carbocycles. The lowest BCUT2D eigenvalue weighted by Gasteiger charge is -2.21. The Morgan fingerprint density at radius 1 is 1.26 bits per heavy atom. The van der Waals surface area contributed by atoms with Crippen molar-refractivity contribution < 1.29 is 24.0 Å². The average molecular weight is 373 g/mol. The molecule has 0 amide bonds. The molecule has 1 unspecified atom stereocenters. The fraction of sp³-hybridized carbons (Fsp3) is 0.429. The van der Waals surface area contributed by atoms with Crippen LogP contribution in [-0.4, -0.2) is 43.5 Å². The molecule has 1 heterocycles. The van der Waals surface area contributed by atoms with Crippen molar-refractivity contribution in [3.63, 3.8) is 0 Å². The molecule has 0 aliphatic carbocycles. The number of likely N-dealkylation sites (N-methyl/N-ethyl adjacent to an activating group) is 1. The van der Waals surface area contributed by atoms with Crippen LogP contribution in [-0.2, 0) is 11.3 Å². The van der Waals surface area contributed by atoms with Gasteiger partial charge in [-0.2, -0.15) is 0 Å². The molecule has 2 atom stereocenters. The quantitative estimate of drug-likeness (QED) is 0.549. The van der Waals surface area contributed by atoms with Crippen molar-refractivity contribution in [2.75, 3.05) is 20.8 Å². The molecule has 27 heavy (non-hydrogen) atoms. The smallest absolute Gasteiger partial charge is 0.340 e.